The first-order valence-corrected chi connectivity index (χ1v) is 9.79. The quantitative estimate of drug-likeness (QED) is 0.579. The van der Waals surface area contributed by atoms with Crippen LogP contribution in [0.1, 0.15) is 10.6 Å². The lowest BCUT2D eigenvalue weighted by molar-refractivity contribution is -0.118. The highest BCUT2D eigenvalue weighted by Gasteiger charge is 2.14. The van der Waals surface area contributed by atoms with Crippen molar-refractivity contribution in [2.45, 2.75) is 13.2 Å². The maximum Gasteiger partial charge on any atom is 0.231 e. The highest BCUT2D eigenvalue weighted by Crippen LogP contribution is 2.34. The van der Waals surface area contributed by atoms with Crippen LogP contribution >= 0.6 is 11.3 Å². The SMILES string of the molecule is COc1ccc(F)cc1-c1ccc(OCc2nccs2)c(CN(C)CC(N)=O)c1. The van der Waals surface area contributed by atoms with Crippen molar-refractivity contribution in [1.82, 2.24) is 9.88 Å². The van der Waals surface area contributed by atoms with Gasteiger partial charge in [-0.2, -0.15) is 0 Å². The molecule has 0 saturated carbocycles. The summed E-state index contributed by atoms with van der Waals surface area (Å²) in [4.78, 5) is 17.3. The maximum absolute atomic E-state index is 13.8. The molecule has 0 aliphatic carbocycles. The summed E-state index contributed by atoms with van der Waals surface area (Å²) >= 11 is 1.51. The summed E-state index contributed by atoms with van der Waals surface area (Å²) in [6, 6.07) is 9.98. The van der Waals surface area contributed by atoms with Gasteiger partial charge in [0.05, 0.1) is 13.7 Å². The molecular formula is C21H22FN3O3S. The second-order valence-corrected chi connectivity index (χ2v) is 7.50. The van der Waals surface area contributed by atoms with Crippen molar-refractivity contribution < 1.29 is 18.7 Å². The van der Waals surface area contributed by atoms with Crippen LogP contribution in [-0.4, -0.2) is 36.5 Å². The van der Waals surface area contributed by atoms with Crippen molar-refractivity contribution in [3.8, 4) is 22.6 Å². The van der Waals surface area contributed by atoms with Gasteiger partial charge in [0, 0.05) is 29.2 Å². The van der Waals surface area contributed by atoms with Gasteiger partial charge in [-0.05, 0) is 42.9 Å². The highest BCUT2D eigenvalue weighted by atomic mass is 32.1. The lowest BCUT2D eigenvalue weighted by Gasteiger charge is -2.19. The number of hydrogen-bond donors (Lipinski definition) is 1. The Balaban J connectivity index is 1.94. The number of nitrogens with zero attached hydrogens (tertiary/aromatic N) is 2. The van der Waals surface area contributed by atoms with Gasteiger partial charge in [-0.3, -0.25) is 9.69 Å². The van der Waals surface area contributed by atoms with E-state index in [0.717, 1.165) is 16.1 Å². The van der Waals surface area contributed by atoms with Gasteiger partial charge in [0.25, 0.3) is 0 Å². The van der Waals surface area contributed by atoms with Crippen molar-refractivity contribution in [2.75, 3.05) is 20.7 Å². The summed E-state index contributed by atoms with van der Waals surface area (Å²) in [5.74, 6) is 0.466. The average molecular weight is 415 g/mol. The molecule has 0 spiro atoms. The number of hydrogen-bond acceptors (Lipinski definition) is 6. The zero-order valence-electron chi connectivity index (χ0n) is 16.2. The molecule has 2 N–H and O–H groups in total. The molecule has 0 bridgehead atoms. The van der Waals surface area contributed by atoms with Crippen LogP contribution in [0.5, 0.6) is 11.5 Å². The first-order valence-electron chi connectivity index (χ1n) is 8.91. The fraction of sp³-hybridized carbons (Fsp3) is 0.238. The minimum atomic E-state index is -0.416. The zero-order valence-corrected chi connectivity index (χ0v) is 17.0. The predicted octanol–water partition coefficient (Wildman–Crippen LogP) is 3.45. The van der Waals surface area contributed by atoms with Crippen LogP contribution in [-0.2, 0) is 17.9 Å². The van der Waals surface area contributed by atoms with Gasteiger partial charge < -0.3 is 15.2 Å². The Labute approximate surface area is 172 Å². The molecule has 1 aromatic heterocycles. The number of methoxy groups -OCH3 is 1. The van der Waals surface area contributed by atoms with E-state index in [1.54, 1.807) is 31.3 Å². The van der Waals surface area contributed by atoms with E-state index in [1.165, 1.54) is 23.5 Å². The Morgan fingerprint density at radius 3 is 2.72 bits per heavy atom. The number of aromatic nitrogens is 1. The number of amides is 1. The summed E-state index contributed by atoms with van der Waals surface area (Å²) in [7, 11) is 3.34. The molecule has 6 nitrogen and oxygen atoms in total. The van der Waals surface area contributed by atoms with Gasteiger partial charge in [-0.15, -0.1) is 11.3 Å². The molecule has 0 unspecified atom stereocenters. The fourth-order valence-corrected chi connectivity index (χ4v) is 3.52. The van der Waals surface area contributed by atoms with E-state index >= 15 is 0 Å². The minimum absolute atomic E-state index is 0.111. The number of thiazole rings is 1. The van der Waals surface area contributed by atoms with Crippen LogP contribution in [0.2, 0.25) is 0 Å². The largest absolute Gasteiger partial charge is 0.496 e. The Bertz CT molecular complexity index is 979. The normalized spacial score (nSPS) is 10.9. The van der Waals surface area contributed by atoms with E-state index in [-0.39, 0.29) is 12.4 Å². The molecule has 152 valence electrons. The van der Waals surface area contributed by atoms with E-state index < -0.39 is 5.91 Å². The second-order valence-electron chi connectivity index (χ2n) is 6.52. The number of nitrogens with two attached hydrogens (primary N) is 1. The first-order chi connectivity index (χ1) is 14.0. The van der Waals surface area contributed by atoms with Gasteiger partial charge in [-0.1, -0.05) is 6.07 Å². The molecule has 0 saturated heterocycles. The summed E-state index contributed by atoms with van der Waals surface area (Å²) in [6.07, 6.45) is 1.73. The van der Waals surface area contributed by atoms with E-state index in [4.69, 9.17) is 15.2 Å². The molecule has 0 aliphatic rings. The van der Waals surface area contributed by atoms with E-state index in [2.05, 4.69) is 4.98 Å². The molecule has 0 aliphatic heterocycles. The zero-order chi connectivity index (χ0) is 20.8. The molecule has 0 radical (unpaired) electrons. The molecular weight excluding hydrogens is 393 g/mol. The molecule has 1 heterocycles. The van der Waals surface area contributed by atoms with Gasteiger partial charge in [0.2, 0.25) is 5.91 Å². The van der Waals surface area contributed by atoms with Gasteiger partial charge in [0.1, 0.15) is 28.9 Å². The van der Waals surface area contributed by atoms with Crippen LogP contribution in [0.25, 0.3) is 11.1 Å². The van der Waals surface area contributed by atoms with Crippen LogP contribution in [0, 0.1) is 5.82 Å². The van der Waals surface area contributed by atoms with Crippen molar-refractivity contribution >= 4 is 17.2 Å². The number of benzene rings is 2. The molecule has 29 heavy (non-hydrogen) atoms. The number of halogens is 1. The minimum Gasteiger partial charge on any atom is -0.496 e. The molecule has 3 rings (SSSR count). The standard InChI is InChI=1S/C21H22FN3O3S/c1-25(12-20(23)26)11-15-9-14(17-10-16(22)4-6-19(17)27-2)3-5-18(15)28-13-21-24-7-8-29-21/h3-10H,11-13H2,1-2H3,(H2,23,26). The van der Waals surface area contributed by atoms with Gasteiger partial charge >= 0.3 is 0 Å². The van der Waals surface area contributed by atoms with Crippen LogP contribution < -0.4 is 15.2 Å². The Kier molecular flexibility index (Phi) is 6.79. The van der Waals surface area contributed by atoms with Crippen molar-refractivity contribution in [3.63, 3.8) is 0 Å². The summed E-state index contributed by atoms with van der Waals surface area (Å²) in [5, 5.41) is 2.75. The lowest BCUT2D eigenvalue weighted by atomic mass is 10.0. The van der Waals surface area contributed by atoms with Crippen LogP contribution in [0.4, 0.5) is 4.39 Å². The van der Waals surface area contributed by atoms with Crippen molar-refractivity contribution in [3.05, 3.63) is 64.4 Å². The first kappa shape index (κ1) is 20.8. The molecule has 0 atom stereocenters. The molecule has 8 heteroatoms. The number of likely N-dealkylation sites (N-methyl/N-ethyl adjacent to an activating group) is 1. The van der Waals surface area contributed by atoms with E-state index in [9.17, 15) is 9.18 Å². The molecule has 3 aromatic rings. The number of ether oxygens (including phenoxy) is 2. The topological polar surface area (TPSA) is 77.7 Å². The van der Waals surface area contributed by atoms with Gasteiger partial charge in [0.15, 0.2) is 0 Å². The average Bonchev–Trinajstić information content (AvgIpc) is 3.20. The molecule has 2 aromatic carbocycles. The summed E-state index contributed by atoms with van der Waals surface area (Å²) < 4.78 is 25.2. The van der Waals surface area contributed by atoms with E-state index in [0.29, 0.717) is 30.2 Å². The monoisotopic (exact) mass is 415 g/mol. The van der Waals surface area contributed by atoms with Crippen LogP contribution in [0.15, 0.2) is 48.0 Å². The fourth-order valence-electron chi connectivity index (χ4n) is 2.99. The Hall–Kier alpha value is -2.97. The maximum atomic E-state index is 13.8. The summed E-state index contributed by atoms with van der Waals surface area (Å²) in [6.45, 7) is 0.883. The third-order valence-electron chi connectivity index (χ3n) is 4.23. The number of carbonyl (C=O) groups excluding carboxylic acids is 1. The third kappa shape index (κ3) is 5.52. The second kappa shape index (κ2) is 9.49. The van der Waals surface area contributed by atoms with Gasteiger partial charge in [-0.25, -0.2) is 9.37 Å². The smallest absolute Gasteiger partial charge is 0.231 e. The molecule has 0 fully saturated rings. The van der Waals surface area contributed by atoms with E-state index in [1.807, 2.05) is 23.6 Å². The number of carbonyl (C=O) groups is 1. The Morgan fingerprint density at radius 1 is 1.24 bits per heavy atom. The molecule has 1 amide bonds. The van der Waals surface area contributed by atoms with Crippen LogP contribution in [0.3, 0.4) is 0 Å². The Morgan fingerprint density at radius 2 is 2.03 bits per heavy atom. The summed E-state index contributed by atoms with van der Waals surface area (Å²) in [5.41, 5.74) is 7.57. The highest BCUT2D eigenvalue weighted by molar-refractivity contribution is 7.09. The number of primary amides is 1. The predicted molar refractivity (Wildman–Crippen MR) is 110 cm³/mol. The number of rotatable bonds is 9. The third-order valence-corrected chi connectivity index (χ3v) is 4.99. The lowest BCUT2D eigenvalue weighted by Crippen LogP contribution is -2.30. The van der Waals surface area contributed by atoms with Crippen molar-refractivity contribution in [2.24, 2.45) is 5.73 Å². The van der Waals surface area contributed by atoms with Crippen molar-refractivity contribution in [1.29, 1.82) is 0 Å².